The van der Waals surface area contributed by atoms with Gasteiger partial charge in [-0.05, 0) is 68.5 Å². The maximum absolute atomic E-state index is 13.5. The van der Waals surface area contributed by atoms with Crippen molar-refractivity contribution in [3.8, 4) is 0 Å². The van der Waals surface area contributed by atoms with Crippen LogP contribution in [-0.2, 0) is 4.79 Å². The Morgan fingerprint density at radius 1 is 1.30 bits per heavy atom. The van der Waals surface area contributed by atoms with Gasteiger partial charge in [-0.2, -0.15) is 0 Å². The molecule has 0 saturated carbocycles. The number of carbonyl (C=O) groups excluding carboxylic acids is 1. The van der Waals surface area contributed by atoms with Crippen LogP contribution in [0.4, 0.5) is 4.39 Å². The first-order valence-electron chi connectivity index (χ1n) is 8.14. The number of rotatable bonds is 4. The lowest BCUT2D eigenvalue weighted by Crippen LogP contribution is -2.32. The maximum Gasteiger partial charge on any atom is 0.220 e. The van der Waals surface area contributed by atoms with E-state index in [1.165, 1.54) is 18.9 Å². The molecule has 3 rings (SSSR count). The Bertz CT molecular complexity index is 537. The summed E-state index contributed by atoms with van der Waals surface area (Å²) in [4.78, 5) is 13.3. The van der Waals surface area contributed by atoms with Crippen LogP contribution in [0.25, 0.3) is 0 Å². The Morgan fingerprint density at radius 2 is 2.09 bits per heavy atom. The van der Waals surface area contributed by atoms with Crippen molar-refractivity contribution in [2.45, 2.75) is 43.0 Å². The second-order valence-corrected chi connectivity index (χ2v) is 7.31. The Morgan fingerprint density at radius 3 is 2.87 bits per heavy atom. The lowest BCUT2D eigenvalue weighted by molar-refractivity contribution is -0.122. The van der Waals surface area contributed by atoms with E-state index in [0.29, 0.717) is 12.3 Å². The zero-order chi connectivity index (χ0) is 15.4. The van der Waals surface area contributed by atoms with Gasteiger partial charge in [0.15, 0.2) is 0 Å². The third kappa shape index (κ3) is 5.10. The largest absolute Gasteiger partial charge is 0.349 e. The topological polar surface area (TPSA) is 41.1 Å². The number of benzene rings is 1. The summed E-state index contributed by atoms with van der Waals surface area (Å²) in [6.45, 7) is 2.14. The molecular weight excluding hydrogens is 335 g/mol. The van der Waals surface area contributed by atoms with Crippen molar-refractivity contribution in [3.63, 3.8) is 0 Å². The first-order chi connectivity index (χ1) is 10.7. The fourth-order valence-electron chi connectivity index (χ4n) is 3.29. The summed E-state index contributed by atoms with van der Waals surface area (Å²) < 4.78 is 13.5. The predicted octanol–water partition coefficient (Wildman–Crippen LogP) is 3.68. The highest BCUT2D eigenvalue weighted by atomic mass is 35.5. The molecule has 0 radical (unpaired) electrons. The van der Waals surface area contributed by atoms with Crippen LogP contribution in [0.1, 0.15) is 43.7 Å². The van der Waals surface area contributed by atoms with Gasteiger partial charge in [-0.15, -0.1) is 24.2 Å². The third-order valence-electron chi connectivity index (χ3n) is 4.58. The van der Waals surface area contributed by atoms with Gasteiger partial charge < -0.3 is 10.6 Å². The van der Waals surface area contributed by atoms with Crippen molar-refractivity contribution < 1.29 is 9.18 Å². The maximum atomic E-state index is 13.5. The quantitative estimate of drug-likeness (QED) is 0.862. The summed E-state index contributed by atoms with van der Waals surface area (Å²) in [5, 5.41) is 6.45. The molecule has 6 heteroatoms. The van der Waals surface area contributed by atoms with Gasteiger partial charge in [0.2, 0.25) is 5.91 Å². The molecule has 2 aliphatic heterocycles. The third-order valence-corrected chi connectivity index (χ3v) is 5.71. The molecule has 23 heavy (non-hydrogen) atoms. The number of halogens is 2. The normalized spacial score (nSPS) is 21.2. The highest BCUT2D eigenvalue weighted by Gasteiger charge is 2.23. The highest BCUT2D eigenvalue weighted by Crippen LogP contribution is 2.36. The minimum absolute atomic E-state index is 0. The number of carbonyl (C=O) groups is 1. The first-order valence-corrected chi connectivity index (χ1v) is 9.13. The highest BCUT2D eigenvalue weighted by molar-refractivity contribution is 7.99. The molecule has 1 unspecified atom stereocenters. The molecule has 0 aromatic heterocycles. The average Bonchev–Trinajstić information content (AvgIpc) is 2.54. The van der Waals surface area contributed by atoms with E-state index in [-0.39, 0.29) is 30.2 Å². The van der Waals surface area contributed by atoms with Gasteiger partial charge in [-0.3, -0.25) is 4.79 Å². The van der Waals surface area contributed by atoms with E-state index in [1.807, 2.05) is 6.07 Å². The van der Waals surface area contributed by atoms with Gasteiger partial charge in [0.1, 0.15) is 5.82 Å². The number of piperidine rings is 1. The molecule has 2 aliphatic rings. The number of hydrogen-bond acceptors (Lipinski definition) is 3. The molecule has 2 N–H and O–H groups in total. The van der Waals surface area contributed by atoms with Crippen LogP contribution in [0.2, 0.25) is 0 Å². The standard InChI is InChI=1S/C17H23FN2OS.ClH/c18-13-2-3-16-14(11-13)15(7-10-22-16)20-17(21)4-1-12-5-8-19-9-6-12;/h2-3,11-12,15,19H,1,4-10H2,(H,20,21);1H. The molecule has 0 spiro atoms. The number of fused-ring (bicyclic) bond motifs is 1. The molecule has 0 bridgehead atoms. The monoisotopic (exact) mass is 358 g/mol. The molecule has 1 aromatic rings. The summed E-state index contributed by atoms with van der Waals surface area (Å²) >= 11 is 1.74. The minimum atomic E-state index is -0.227. The molecule has 1 saturated heterocycles. The van der Waals surface area contributed by atoms with Crippen LogP contribution in [0.15, 0.2) is 23.1 Å². The molecule has 1 aromatic carbocycles. The van der Waals surface area contributed by atoms with Crippen molar-refractivity contribution in [1.29, 1.82) is 0 Å². The summed E-state index contributed by atoms with van der Waals surface area (Å²) in [6, 6.07) is 4.85. The van der Waals surface area contributed by atoms with Gasteiger partial charge >= 0.3 is 0 Å². The SMILES string of the molecule is Cl.O=C(CCC1CCNCC1)NC1CCSc2ccc(F)cc21. The Hall–Kier alpha value is -0.780. The van der Waals surface area contributed by atoms with Crippen LogP contribution >= 0.6 is 24.2 Å². The zero-order valence-electron chi connectivity index (χ0n) is 13.1. The van der Waals surface area contributed by atoms with E-state index >= 15 is 0 Å². The van der Waals surface area contributed by atoms with Gasteiger partial charge in [-0.25, -0.2) is 4.39 Å². The fraction of sp³-hybridized carbons (Fsp3) is 0.588. The van der Waals surface area contributed by atoms with Gasteiger partial charge in [0.05, 0.1) is 6.04 Å². The molecule has 1 fully saturated rings. The van der Waals surface area contributed by atoms with E-state index in [2.05, 4.69) is 10.6 Å². The van der Waals surface area contributed by atoms with E-state index in [9.17, 15) is 9.18 Å². The number of hydrogen-bond donors (Lipinski definition) is 2. The van der Waals surface area contributed by atoms with Crippen LogP contribution in [-0.4, -0.2) is 24.7 Å². The summed E-state index contributed by atoms with van der Waals surface area (Å²) in [6.07, 6.45) is 4.76. The van der Waals surface area contributed by atoms with Crippen molar-refractivity contribution in [1.82, 2.24) is 10.6 Å². The molecule has 0 aliphatic carbocycles. The average molecular weight is 359 g/mol. The van der Waals surface area contributed by atoms with Crippen molar-refractivity contribution >= 4 is 30.1 Å². The predicted molar refractivity (Wildman–Crippen MR) is 94.7 cm³/mol. The van der Waals surface area contributed by atoms with E-state index in [4.69, 9.17) is 0 Å². The minimum Gasteiger partial charge on any atom is -0.349 e. The lowest BCUT2D eigenvalue weighted by atomic mass is 9.93. The first kappa shape index (κ1) is 18.6. The van der Waals surface area contributed by atoms with Crippen LogP contribution in [0.5, 0.6) is 0 Å². The fourth-order valence-corrected chi connectivity index (χ4v) is 4.39. The molecule has 128 valence electrons. The summed E-state index contributed by atoms with van der Waals surface area (Å²) in [5.41, 5.74) is 0.937. The molecule has 1 amide bonds. The lowest BCUT2D eigenvalue weighted by Gasteiger charge is -2.27. The number of thioether (sulfide) groups is 1. The summed E-state index contributed by atoms with van der Waals surface area (Å²) in [7, 11) is 0. The summed E-state index contributed by atoms with van der Waals surface area (Å²) in [5.74, 6) is 1.51. The van der Waals surface area contributed by atoms with Gasteiger partial charge in [0, 0.05) is 17.1 Å². The molecule has 3 nitrogen and oxygen atoms in total. The van der Waals surface area contributed by atoms with Crippen LogP contribution in [0, 0.1) is 11.7 Å². The van der Waals surface area contributed by atoms with E-state index in [0.717, 1.165) is 42.1 Å². The Balaban J connectivity index is 0.00000192. The molecule has 1 atom stereocenters. The van der Waals surface area contributed by atoms with E-state index in [1.54, 1.807) is 17.8 Å². The number of amides is 1. The second-order valence-electron chi connectivity index (χ2n) is 6.17. The molecular formula is C17H24ClFN2OS. The van der Waals surface area contributed by atoms with Gasteiger partial charge in [-0.1, -0.05) is 0 Å². The van der Waals surface area contributed by atoms with Crippen LogP contribution in [0.3, 0.4) is 0 Å². The number of nitrogens with one attached hydrogen (secondary N) is 2. The Kier molecular flexibility index (Phi) is 7.18. The smallest absolute Gasteiger partial charge is 0.220 e. The van der Waals surface area contributed by atoms with E-state index < -0.39 is 0 Å². The second kappa shape index (κ2) is 8.90. The zero-order valence-corrected chi connectivity index (χ0v) is 14.8. The Labute approximate surface area is 147 Å². The van der Waals surface area contributed by atoms with Crippen molar-refractivity contribution in [2.75, 3.05) is 18.8 Å². The van der Waals surface area contributed by atoms with Gasteiger partial charge in [0.25, 0.3) is 0 Å². The van der Waals surface area contributed by atoms with Crippen molar-refractivity contribution in [2.24, 2.45) is 5.92 Å². The van der Waals surface area contributed by atoms with Crippen molar-refractivity contribution in [3.05, 3.63) is 29.6 Å². The van der Waals surface area contributed by atoms with Crippen LogP contribution < -0.4 is 10.6 Å². The molecule has 2 heterocycles.